The summed E-state index contributed by atoms with van der Waals surface area (Å²) in [5.74, 6) is -0.785. The van der Waals surface area contributed by atoms with Crippen LogP contribution < -0.4 is 4.90 Å². The number of fused-ring (bicyclic) bond motifs is 1. The van der Waals surface area contributed by atoms with Crippen molar-refractivity contribution in [3.63, 3.8) is 0 Å². The highest BCUT2D eigenvalue weighted by Crippen LogP contribution is 2.40. The predicted octanol–water partition coefficient (Wildman–Crippen LogP) is 2.54. The van der Waals surface area contributed by atoms with E-state index >= 15 is 0 Å². The van der Waals surface area contributed by atoms with Gasteiger partial charge in [0.25, 0.3) is 5.91 Å². The first-order valence-electron chi connectivity index (χ1n) is 6.49. The van der Waals surface area contributed by atoms with Crippen LogP contribution in [0.25, 0.3) is 0 Å². The van der Waals surface area contributed by atoms with Crippen LogP contribution in [-0.4, -0.2) is 27.6 Å². The van der Waals surface area contributed by atoms with Gasteiger partial charge in [-0.1, -0.05) is 6.07 Å². The van der Waals surface area contributed by atoms with Crippen molar-refractivity contribution in [3.05, 3.63) is 51.3 Å². The molecule has 23 heavy (non-hydrogen) atoms. The van der Waals surface area contributed by atoms with Crippen molar-refractivity contribution in [2.45, 2.75) is 12.6 Å². The van der Waals surface area contributed by atoms with Gasteiger partial charge in [0.05, 0.1) is 10.5 Å². The van der Waals surface area contributed by atoms with E-state index in [-0.39, 0.29) is 29.9 Å². The molecule has 7 nitrogen and oxygen atoms in total. The van der Waals surface area contributed by atoms with Gasteiger partial charge in [-0.3, -0.25) is 20.0 Å². The van der Waals surface area contributed by atoms with E-state index in [1.54, 1.807) is 0 Å². The SMILES string of the molecule is O=C(c1[nH]ncc1[N+](=O)[O-])N1CCc2c1cccc2C(F)(F)F. The molecule has 3 rings (SSSR count). The Kier molecular flexibility index (Phi) is 3.31. The Morgan fingerprint density at radius 2 is 2.13 bits per heavy atom. The molecule has 0 atom stereocenters. The zero-order valence-electron chi connectivity index (χ0n) is 11.4. The van der Waals surface area contributed by atoms with Crippen LogP contribution in [-0.2, 0) is 12.6 Å². The maximum absolute atomic E-state index is 13.0. The van der Waals surface area contributed by atoms with E-state index in [9.17, 15) is 28.1 Å². The molecule has 0 fully saturated rings. The van der Waals surface area contributed by atoms with E-state index in [0.29, 0.717) is 0 Å². The van der Waals surface area contributed by atoms with Crippen LogP contribution in [0.15, 0.2) is 24.4 Å². The molecule has 0 unspecified atom stereocenters. The number of anilines is 1. The van der Waals surface area contributed by atoms with Crippen molar-refractivity contribution in [1.82, 2.24) is 10.2 Å². The summed E-state index contributed by atoms with van der Waals surface area (Å²) in [5, 5.41) is 16.5. The van der Waals surface area contributed by atoms with Crippen molar-refractivity contribution in [3.8, 4) is 0 Å². The molecule has 10 heteroatoms. The number of hydrogen-bond donors (Lipinski definition) is 1. The molecular formula is C13H9F3N4O3. The van der Waals surface area contributed by atoms with Gasteiger partial charge in [0, 0.05) is 12.2 Å². The number of rotatable bonds is 2. The summed E-state index contributed by atoms with van der Waals surface area (Å²) in [6, 6.07) is 3.54. The minimum absolute atomic E-state index is 0.00974. The van der Waals surface area contributed by atoms with Crippen molar-refractivity contribution in [2.24, 2.45) is 0 Å². The number of halogens is 3. The number of hydrogen-bond acceptors (Lipinski definition) is 4. The normalized spacial score (nSPS) is 14.0. The largest absolute Gasteiger partial charge is 0.416 e. The zero-order chi connectivity index (χ0) is 16.8. The fourth-order valence-electron chi connectivity index (χ4n) is 2.62. The Labute approximate surface area is 126 Å². The summed E-state index contributed by atoms with van der Waals surface area (Å²) in [7, 11) is 0. The highest BCUT2D eigenvalue weighted by atomic mass is 19.4. The number of H-pyrrole nitrogens is 1. The second-order valence-electron chi connectivity index (χ2n) is 4.90. The Hall–Kier alpha value is -2.91. The molecule has 0 bridgehead atoms. The second-order valence-corrected chi connectivity index (χ2v) is 4.90. The van der Waals surface area contributed by atoms with Crippen molar-refractivity contribution < 1.29 is 22.9 Å². The fourth-order valence-corrected chi connectivity index (χ4v) is 2.62. The van der Waals surface area contributed by atoms with Crippen LogP contribution in [0.5, 0.6) is 0 Å². The fraction of sp³-hybridized carbons (Fsp3) is 0.231. The topological polar surface area (TPSA) is 92.1 Å². The molecule has 1 N–H and O–H groups in total. The number of carbonyl (C=O) groups is 1. The van der Waals surface area contributed by atoms with Gasteiger partial charge in [-0.2, -0.15) is 18.3 Å². The Morgan fingerprint density at radius 3 is 2.78 bits per heavy atom. The molecule has 1 aromatic carbocycles. The number of benzene rings is 1. The molecule has 1 amide bonds. The van der Waals surface area contributed by atoms with E-state index in [4.69, 9.17) is 0 Å². The number of aromatic nitrogens is 2. The Balaban J connectivity index is 2.02. The molecule has 2 heterocycles. The molecule has 1 aromatic heterocycles. The third-order valence-electron chi connectivity index (χ3n) is 3.61. The standard InChI is InChI=1S/C13H9F3N4O3/c14-13(15,16)8-2-1-3-9-7(8)4-5-19(9)12(21)11-10(20(22)23)6-17-18-11/h1-3,6H,4-5H2,(H,17,18). The number of aromatic amines is 1. The van der Waals surface area contributed by atoms with Crippen LogP contribution in [0.2, 0.25) is 0 Å². The molecule has 0 radical (unpaired) electrons. The first kappa shape index (κ1) is 15.0. The third kappa shape index (κ3) is 2.41. The lowest BCUT2D eigenvalue weighted by Gasteiger charge is -2.17. The number of nitro groups is 1. The maximum Gasteiger partial charge on any atom is 0.416 e. The maximum atomic E-state index is 13.0. The van der Waals surface area contributed by atoms with Crippen LogP contribution in [0, 0.1) is 10.1 Å². The van der Waals surface area contributed by atoms with E-state index in [2.05, 4.69) is 10.2 Å². The quantitative estimate of drug-likeness (QED) is 0.678. The van der Waals surface area contributed by atoms with Gasteiger partial charge in [0.15, 0.2) is 0 Å². The van der Waals surface area contributed by atoms with Crippen LogP contribution in [0.1, 0.15) is 21.6 Å². The summed E-state index contributed by atoms with van der Waals surface area (Å²) in [5.41, 5.74) is -1.57. The van der Waals surface area contributed by atoms with E-state index in [1.165, 1.54) is 12.1 Å². The lowest BCUT2D eigenvalue weighted by Crippen LogP contribution is -2.29. The molecule has 0 aliphatic carbocycles. The zero-order valence-corrected chi connectivity index (χ0v) is 11.4. The van der Waals surface area contributed by atoms with Crippen molar-refractivity contribution in [1.29, 1.82) is 0 Å². The summed E-state index contributed by atoms with van der Waals surface area (Å²) in [6.45, 7) is 0.0113. The van der Waals surface area contributed by atoms with Crippen LogP contribution in [0.4, 0.5) is 24.5 Å². The van der Waals surface area contributed by atoms with Gasteiger partial charge in [-0.25, -0.2) is 0 Å². The molecule has 0 saturated heterocycles. The molecular weight excluding hydrogens is 317 g/mol. The van der Waals surface area contributed by atoms with Gasteiger partial charge in [0.2, 0.25) is 5.69 Å². The first-order chi connectivity index (χ1) is 10.8. The smallest absolute Gasteiger partial charge is 0.306 e. The first-order valence-corrected chi connectivity index (χ1v) is 6.49. The minimum Gasteiger partial charge on any atom is -0.306 e. The Bertz CT molecular complexity index is 800. The minimum atomic E-state index is -4.52. The number of nitrogens with zero attached hydrogens (tertiary/aromatic N) is 3. The highest BCUT2D eigenvalue weighted by molar-refractivity contribution is 6.08. The molecule has 1 aliphatic heterocycles. The molecule has 1 aliphatic rings. The van der Waals surface area contributed by atoms with E-state index < -0.39 is 28.3 Å². The molecule has 0 saturated carbocycles. The molecule has 120 valence electrons. The monoisotopic (exact) mass is 326 g/mol. The number of amides is 1. The van der Waals surface area contributed by atoms with Gasteiger partial charge < -0.3 is 4.90 Å². The van der Waals surface area contributed by atoms with E-state index in [1.807, 2.05) is 0 Å². The van der Waals surface area contributed by atoms with Crippen LogP contribution >= 0.6 is 0 Å². The van der Waals surface area contributed by atoms with Gasteiger partial charge in [0.1, 0.15) is 6.20 Å². The third-order valence-corrected chi connectivity index (χ3v) is 3.61. The van der Waals surface area contributed by atoms with Crippen molar-refractivity contribution in [2.75, 3.05) is 11.4 Å². The van der Waals surface area contributed by atoms with Crippen LogP contribution in [0.3, 0.4) is 0 Å². The average Bonchev–Trinajstić information content (AvgIpc) is 3.12. The van der Waals surface area contributed by atoms with E-state index in [0.717, 1.165) is 17.2 Å². The lowest BCUT2D eigenvalue weighted by atomic mass is 10.0. The number of nitrogens with one attached hydrogen (secondary N) is 1. The predicted molar refractivity (Wildman–Crippen MR) is 72.1 cm³/mol. The number of alkyl halides is 3. The van der Waals surface area contributed by atoms with Gasteiger partial charge in [-0.05, 0) is 24.1 Å². The second kappa shape index (κ2) is 5.07. The molecule has 2 aromatic rings. The lowest BCUT2D eigenvalue weighted by molar-refractivity contribution is -0.385. The van der Waals surface area contributed by atoms with Gasteiger partial charge in [-0.15, -0.1) is 0 Å². The summed E-state index contributed by atoms with van der Waals surface area (Å²) < 4.78 is 39.0. The van der Waals surface area contributed by atoms with Crippen molar-refractivity contribution >= 4 is 17.3 Å². The summed E-state index contributed by atoms with van der Waals surface area (Å²) >= 11 is 0. The molecule has 0 spiro atoms. The Morgan fingerprint density at radius 1 is 1.39 bits per heavy atom. The van der Waals surface area contributed by atoms with Gasteiger partial charge >= 0.3 is 11.9 Å². The summed E-state index contributed by atoms with van der Waals surface area (Å²) in [4.78, 5) is 23.6. The average molecular weight is 326 g/mol. The number of carbonyl (C=O) groups excluding carboxylic acids is 1. The summed E-state index contributed by atoms with van der Waals surface area (Å²) in [6.07, 6.45) is -3.61. The highest BCUT2D eigenvalue weighted by Gasteiger charge is 2.39.